The Labute approximate surface area is 128 Å². The fraction of sp³-hybridized carbons (Fsp3) is 0.357. The molecule has 118 valence electrons. The quantitative estimate of drug-likeness (QED) is 0.886. The molecule has 1 aromatic carbocycles. The lowest BCUT2D eigenvalue weighted by Crippen LogP contribution is -2.40. The minimum absolute atomic E-state index is 0.139. The van der Waals surface area contributed by atoms with Gasteiger partial charge in [0.25, 0.3) is 5.56 Å². The number of sulfonamides is 1. The third kappa shape index (κ3) is 2.72. The minimum Gasteiger partial charge on any atom is -0.379 e. The maximum absolute atomic E-state index is 12.5. The summed E-state index contributed by atoms with van der Waals surface area (Å²) in [6, 6.07) is 7.99. The maximum atomic E-state index is 12.5. The van der Waals surface area contributed by atoms with Gasteiger partial charge in [0.15, 0.2) is 0 Å². The summed E-state index contributed by atoms with van der Waals surface area (Å²) in [5.74, 6) is 0. The first kappa shape index (κ1) is 15.0. The van der Waals surface area contributed by atoms with Crippen LogP contribution in [0.25, 0.3) is 11.3 Å². The van der Waals surface area contributed by atoms with E-state index < -0.39 is 10.0 Å². The van der Waals surface area contributed by atoms with Crippen LogP contribution < -0.4 is 5.56 Å². The second-order valence-electron chi connectivity index (χ2n) is 5.11. The summed E-state index contributed by atoms with van der Waals surface area (Å²) in [5.41, 5.74) is 1.28. The number of aryl methyl sites for hydroxylation is 1. The molecule has 0 unspecified atom stereocenters. The highest BCUT2D eigenvalue weighted by Crippen LogP contribution is 2.21. The molecule has 0 aliphatic carbocycles. The zero-order chi connectivity index (χ0) is 15.7. The monoisotopic (exact) mass is 323 g/mol. The van der Waals surface area contributed by atoms with Crippen molar-refractivity contribution in [2.24, 2.45) is 7.05 Å². The van der Waals surface area contributed by atoms with Crippen LogP contribution in [0, 0.1) is 0 Å². The predicted molar refractivity (Wildman–Crippen MR) is 81.0 cm³/mol. The molecule has 1 aromatic heterocycles. The van der Waals surface area contributed by atoms with Gasteiger partial charge in [-0.3, -0.25) is 14.6 Å². The van der Waals surface area contributed by atoms with Crippen LogP contribution in [0.15, 0.2) is 40.0 Å². The van der Waals surface area contributed by atoms with Gasteiger partial charge in [-0.05, 0) is 17.7 Å². The van der Waals surface area contributed by atoms with Gasteiger partial charge >= 0.3 is 0 Å². The molecule has 1 aliphatic heterocycles. The molecule has 0 bridgehead atoms. The smallest absolute Gasteiger partial charge is 0.266 e. The molecule has 0 amide bonds. The van der Waals surface area contributed by atoms with E-state index in [9.17, 15) is 13.2 Å². The summed E-state index contributed by atoms with van der Waals surface area (Å²) in [6.45, 7) is 1.58. The van der Waals surface area contributed by atoms with Gasteiger partial charge in [0, 0.05) is 26.2 Å². The number of aromatic nitrogens is 2. The standard InChI is InChI=1S/C14H17N3O4S/c1-16-14(18)10-13(15-16)11-2-4-12(5-3-11)22(19,20)17-6-8-21-9-7-17/h2-5,10,15H,6-9H2,1H3. The SMILES string of the molecule is Cn1[nH]c(-c2ccc(S(=O)(=O)N3CCOCC3)cc2)cc1=O. The van der Waals surface area contributed by atoms with Crippen LogP contribution in [0.2, 0.25) is 0 Å². The average Bonchev–Trinajstić information content (AvgIpc) is 2.88. The highest BCUT2D eigenvalue weighted by Gasteiger charge is 2.26. The van der Waals surface area contributed by atoms with E-state index in [1.165, 1.54) is 15.1 Å². The fourth-order valence-electron chi connectivity index (χ4n) is 2.38. The first-order chi connectivity index (χ1) is 10.5. The number of rotatable bonds is 3. The number of H-pyrrole nitrogens is 1. The van der Waals surface area contributed by atoms with E-state index in [2.05, 4.69) is 5.10 Å². The third-order valence-corrected chi connectivity index (χ3v) is 5.57. The van der Waals surface area contributed by atoms with E-state index in [0.29, 0.717) is 32.0 Å². The van der Waals surface area contributed by atoms with Gasteiger partial charge in [-0.2, -0.15) is 4.31 Å². The van der Waals surface area contributed by atoms with E-state index in [1.807, 2.05) is 0 Å². The number of ether oxygens (including phenoxy) is 1. The largest absolute Gasteiger partial charge is 0.379 e. The average molecular weight is 323 g/mol. The van der Waals surface area contributed by atoms with Crippen molar-refractivity contribution in [1.29, 1.82) is 0 Å². The Hall–Kier alpha value is -1.90. The van der Waals surface area contributed by atoms with Crippen LogP contribution in [0.4, 0.5) is 0 Å². The number of aromatic amines is 1. The second-order valence-corrected chi connectivity index (χ2v) is 7.05. The van der Waals surface area contributed by atoms with Crippen LogP contribution >= 0.6 is 0 Å². The molecule has 1 N–H and O–H groups in total. The summed E-state index contributed by atoms with van der Waals surface area (Å²) < 4.78 is 33.0. The topological polar surface area (TPSA) is 84.4 Å². The molecule has 22 heavy (non-hydrogen) atoms. The van der Waals surface area contributed by atoms with E-state index in [-0.39, 0.29) is 10.5 Å². The van der Waals surface area contributed by atoms with Crippen molar-refractivity contribution in [3.8, 4) is 11.3 Å². The van der Waals surface area contributed by atoms with Crippen LogP contribution in [-0.4, -0.2) is 48.8 Å². The first-order valence-corrected chi connectivity index (χ1v) is 8.37. The number of hydrogen-bond acceptors (Lipinski definition) is 4. The Morgan fingerprint density at radius 1 is 1.14 bits per heavy atom. The van der Waals surface area contributed by atoms with E-state index >= 15 is 0 Å². The second kappa shape index (κ2) is 5.71. The van der Waals surface area contributed by atoms with Crippen molar-refractivity contribution in [2.75, 3.05) is 26.3 Å². The molecule has 0 spiro atoms. The lowest BCUT2D eigenvalue weighted by molar-refractivity contribution is 0.0730. The highest BCUT2D eigenvalue weighted by atomic mass is 32.2. The van der Waals surface area contributed by atoms with Gasteiger partial charge in [-0.25, -0.2) is 8.42 Å². The molecule has 8 heteroatoms. The van der Waals surface area contributed by atoms with Gasteiger partial charge in [-0.15, -0.1) is 0 Å². The summed E-state index contributed by atoms with van der Waals surface area (Å²) >= 11 is 0. The molecule has 1 fully saturated rings. The Morgan fingerprint density at radius 2 is 1.77 bits per heavy atom. The zero-order valence-electron chi connectivity index (χ0n) is 12.2. The fourth-order valence-corrected chi connectivity index (χ4v) is 3.79. The number of benzene rings is 1. The van der Waals surface area contributed by atoms with Gasteiger partial charge < -0.3 is 4.74 Å². The minimum atomic E-state index is -3.49. The van der Waals surface area contributed by atoms with Crippen molar-refractivity contribution in [1.82, 2.24) is 14.1 Å². The van der Waals surface area contributed by atoms with E-state index in [1.54, 1.807) is 31.3 Å². The van der Waals surface area contributed by atoms with Crippen LogP contribution in [0.5, 0.6) is 0 Å². The molecule has 2 heterocycles. The Balaban J connectivity index is 1.89. The van der Waals surface area contributed by atoms with Crippen LogP contribution in [0.3, 0.4) is 0 Å². The lowest BCUT2D eigenvalue weighted by Gasteiger charge is -2.26. The van der Waals surface area contributed by atoms with Gasteiger partial charge in [0.05, 0.1) is 23.8 Å². The molecule has 1 saturated heterocycles. The zero-order valence-corrected chi connectivity index (χ0v) is 13.0. The van der Waals surface area contributed by atoms with Crippen molar-refractivity contribution in [2.45, 2.75) is 4.90 Å². The summed E-state index contributed by atoms with van der Waals surface area (Å²) in [4.78, 5) is 11.7. The Bertz CT molecular complexity index is 815. The highest BCUT2D eigenvalue weighted by molar-refractivity contribution is 7.89. The van der Waals surface area contributed by atoms with Gasteiger partial charge in [0.2, 0.25) is 10.0 Å². The normalized spacial score (nSPS) is 16.8. The summed E-state index contributed by atoms with van der Waals surface area (Å²) in [6.07, 6.45) is 0. The summed E-state index contributed by atoms with van der Waals surface area (Å²) in [7, 11) is -1.86. The lowest BCUT2D eigenvalue weighted by atomic mass is 10.2. The first-order valence-electron chi connectivity index (χ1n) is 6.93. The maximum Gasteiger partial charge on any atom is 0.266 e. The molecule has 0 radical (unpaired) electrons. The molecule has 0 saturated carbocycles. The molecular formula is C14H17N3O4S. The molecule has 7 nitrogen and oxygen atoms in total. The number of morpholine rings is 1. The van der Waals surface area contributed by atoms with Crippen molar-refractivity contribution < 1.29 is 13.2 Å². The van der Waals surface area contributed by atoms with Gasteiger partial charge in [-0.1, -0.05) is 12.1 Å². The van der Waals surface area contributed by atoms with Crippen LogP contribution in [0.1, 0.15) is 0 Å². The Kier molecular flexibility index (Phi) is 3.90. The van der Waals surface area contributed by atoms with Gasteiger partial charge in [0.1, 0.15) is 0 Å². The van der Waals surface area contributed by atoms with Crippen molar-refractivity contribution in [3.63, 3.8) is 0 Å². The van der Waals surface area contributed by atoms with Crippen molar-refractivity contribution in [3.05, 3.63) is 40.7 Å². The number of nitrogens with zero attached hydrogens (tertiary/aromatic N) is 2. The molecular weight excluding hydrogens is 306 g/mol. The number of hydrogen-bond donors (Lipinski definition) is 1. The molecule has 0 atom stereocenters. The third-order valence-electron chi connectivity index (χ3n) is 3.66. The summed E-state index contributed by atoms with van der Waals surface area (Å²) in [5, 5.41) is 2.91. The molecule has 2 aromatic rings. The van der Waals surface area contributed by atoms with E-state index in [0.717, 1.165) is 5.56 Å². The number of nitrogens with one attached hydrogen (secondary N) is 1. The van der Waals surface area contributed by atoms with Crippen molar-refractivity contribution >= 4 is 10.0 Å². The van der Waals surface area contributed by atoms with E-state index in [4.69, 9.17) is 4.74 Å². The van der Waals surface area contributed by atoms with Crippen LogP contribution in [-0.2, 0) is 21.8 Å². The predicted octanol–water partition coefficient (Wildman–Crippen LogP) is 0.401. The molecule has 3 rings (SSSR count). The Morgan fingerprint density at radius 3 is 2.32 bits per heavy atom. The molecule has 1 aliphatic rings.